The van der Waals surface area contributed by atoms with Gasteiger partial charge in [-0.05, 0) is 60.9 Å². The van der Waals surface area contributed by atoms with Crippen molar-refractivity contribution < 1.29 is 19.4 Å². The fourth-order valence-electron chi connectivity index (χ4n) is 3.15. The van der Waals surface area contributed by atoms with Crippen LogP contribution in [0.5, 0.6) is 17.2 Å². The molecule has 0 fully saturated rings. The number of hydrogen-bond donors (Lipinski definition) is 1. The monoisotopic (exact) mass is 409 g/mol. The zero-order chi connectivity index (χ0) is 21.9. The second-order valence-electron chi connectivity index (χ2n) is 6.97. The van der Waals surface area contributed by atoms with Gasteiger partial charge in [0.05, 0.1) is 13.2 Å². The fourth-order valence-corrected chi connectivity index (χ4v) is 3.15. The van der Waals surface area contributed by atoms with Gasteiger partial charge in [-0.3, -0.25) is 4.79 Å². The average molecular weight is 410 g/mol. The molecule has 0 aliphatic heterocycles. The highest BCUT2D eigenvalue weighted by Gasteiger charge is 2.13. The van der Waals surface area contributed by atoms with E-state index in [0.717, 1.165) is 29.7 Å². The molecule has 2 aromatic carbocycles. The molecule has 5 heteroatoms. The molecular formula is C25H31NO4. The van der Waals surface area contributed by atoms with Gasteiger partial charge in [-0.2, -0.15) is 0 Å². The molecule has 2 aromatic rings. The van der Waals surface area contributed by atoms with E-state index in [2.05, 4.69) is 13.2 Å². The zero-order valence-corrected chi connectivity index (χ0v) is 17.9. The number of amides is 1. The molecule has 160 valence electrons. The van der Waals surface area contributed by atoms with Gasteiger partial charge in [-0.15, -0.1) is 13.2 Å². The molecule has 0 radical (unpaired) electrons. The van der Waals surface area contributed by atoms with E-state index in [1.165, 1.54) is 0 Å². The Balaban J connectivity index is 1.83. The van der Waals surface area contributed by atoms with Gasteiger partial charge in [0.15, 0.2) is 0 Å². The smallest absolute Gasteiger partial charge is 0.254 e. The molecule has 5 nitrogen and oxygen atoms in total. The summed E-state index contributed by atoms with van der Waals surface area (Å²) in [4.78, 5) is 14.2. The second kappa shape index (κ2) is 11.7. The minimum atomic E-state index is -0.0641. The predicted molar refractivity (Wildman–Crippen MR) is 121 cm³/mol. The maximum Gasteiger partial charge on any atom is 0.254 e. The zero-order valence-electron chi connectivity index (χ0n) is 17.9. The van der Waals surface area contributed by atoms with E-state index in [1.807, 2.05) is 13.8 Å². The van der Waals surface area contributed by atoms with Crippen LogP contribution in [0.3, 0.4) is 0 Å². The van der Waals surface area contributed by atoms with E-state index >= 15 is 0 Å². The summed E-state index contributed by atoms with van der Waals surface area (Å²) in [6.07, 6.45) is 4.91. The number of carbonyl (C=O) groups is 1. The van der Waals surface area contributed by atoms with Crippen LogP contribution < -0.4 is 9.47 Å². The standard InChI is InChI=1S/C25H31NO4/c1-5-13-26(14-6-2)25(28)21-9-11-23(12-10-21)29-15-8-16-30-24-19(4)17-22(27)18-20(24)7-3/h5-6,9-12,17-18,27H,1-2,7-8,13-16H2,3-4H3. The summed E-state index contributed by atoms with van der Waals surface area (Å²) in [5, 5.41) is 9.71. The van der Waals surface area contributed by atoms with Crippen molar-refractivity contribution in [3.05, 3.63) is 78.4 Å². The number of aryl methyl sites for hydroxylation is 2. The molecule has 2 rings (SSSR count). The highest BCUT2D eigenvalue weighted by Crippen LogP contribution is 2.29. The lowest BCUT2D eigenvalue weighted by atomic mass is 10.1. The average Bonchev–Trinajstić information content (AvgIpc) is 2.74. The number of ether oxygens (including phenoxy) is 2. The third-order valence-corrected chi connectivity index (χ3v) is 4.61. The lowest BCUT2D eigenvalue weighted by Gasteiger charge is -2.19. The molecule has 1 amide bonds. The van der Waals surface area contributed by atoms with E-state index in [0.29, 0.717) is 37.6 Å². The van der Waals surface area contributed by atoms with Crippen LogP contribution in [0.1, 0.15) is 34.8 Å². The lowest BCUT2D eigenvalue weighted by molar-refractivity contribution is 0.0791. The van der Waals surface area contributed by atoms with Crippen molar-refractivity contribution in [3.63, 3.8) is 0 Å². The fraction of sp³-hybridized carbons (Fsp3) is 0.320. The third kappa shape index (κ3) is 6.41. The SMILES string of the molecule is C=CCN(CC=C)C(=O)c1ccc(OCCCOc2c(C)cc(O)cc2CC)cc1. The van der Waals surface area contributed by atoms with Crippen molar-refractivity contribution in [2.24, 2.45) is 0 Å². The Morgan fingerprint density at radius 1 is 1.07 bits per heavy atom. The highest BCUT2D eigenvalue weighted by molar-refractivity contribution is 5.94. The Bertz CT molecular complexity index is 848. The molecule has 0 saturated heterocycles. The van der Waals surface area contributed by atoms with Gasteiger partial charge >= 0.3 is 0 Å². The van der Waals surface area contributed by atoms with Gasteiger partial charge in [0, 0.05) is 25.1 Å². The van der Waals surface area contributed by atoms with E-state index in [9.17, 15) is 9.90 Å². The molecule has 0 aliphatic rings. The highest BCUT2D eigenvalue weighted by atomic mass is 16.5. The minimum Gasteiger partial charge on any atom is -0.508 e. The van der Waals surface area contributed by atoms with Crippen LogP contribution in [-0.4, -0.2) is 42.2 Å². The predicted octanol–water partition coefficient (Wildman–Crippen LogP) is 4.93. The largest absolute Gasteiger partial charge is 0.508 e. The van der Waals surface area contributed by atoms with Crippen LogP contribution in [0.25, 0.3) is 0 Å². The molecule has 0 aliphatic carbocycles. The Hall–Kier alpha value is -3.21. The Morgan fingerprint density at radius 2 is 1.70 bits per heavy atom. The summed E-state index contributed by atoms with van der Waals surface area (Å²) in [6.45, 7) is 13.3. The number of aromatic hydroxyl groups is 1. The Morgan fingerprint density at radius 3 is 2.30 bits per heavy atom. The van der Waals surface area contributed by atoms with E-state index in [1.54, 1.807) is 53.5 Å². The number of rotatable bonds is 12. The van der Waals surface area contributed by atoms with Crippen molar-refractivity contribution in [3.8, 4) is 17.2 Å². The molecule has 0 spiro atoms. The van der Waals surface area contributed by atoms with Gasteiger partial charge < -0.3 is 19.5 Å². The summed E-state index contributed by atoms with van der Waals surface area (Å²) >= 11 is 0. The number of nitrogens with zero attached hydrogens (tertiary/aromatic N) is 1. The van der Waals surface area contributed by atoms with E-state index in [-0.39, 0.29) is 11.7 Å². The van der Waals surface area contributed by atoms with E-state index in [4.69, 9.17) is 9.47 Å². The van der Waals surface area contributed by atoms with Crippen LogP contribution in [0.4, 0.5) is 0 Å². The van der Waals surface area contributed by atoms with Crippen LogP contribution in [-0.2, 0) is 6.42 Å². The van der Waals surface area contributed by atoms with Crippen molar-refractivity contribution in [1.82, 2.24) is 4.90 Å². The first kappa shape index (κ1) is 23.1. The van der Waals surface area contributed by atoms with Crippen molar-refractivity contribution in [1.29, 1.82) is 0 Å². The quantitative estimate of drug-likeness (QED) is 0.399. The number of carbonyl (C=O) groups excluding carboxylic acids is 1. The molecule has 0 unspecified atom stereocenters. The summed E-state index contributed by atoms with van der Waals surface area (Å²) in [5.41, 5.74) is 2.52. The normalized spacial score (nSPS) is 10.3. The number of hydrogen-bond acceptors (Lipinski definition) is 4. The Kier molecular flexibility index (Phi) is 9.01. The van der Waals surface area contributed by atoms with Gasteiger partial charge in [-0.25, -0.2) is 0 Å². The topological polar surface area (TPSA) is 59.0 Å². The van der Waals surface area contributed by atoms with Crippen LogP contribution in [0.15, 0.2) is 61.7 Å². The first-order chi connectivity index (χ1) is 14.5. The summed E-state index contributed by atoms with van der Waals surface area (Å²) in [5.74, 6) is 1.74. The molecule has 1 N–H and O–H groups in total. The van der Waals surface area contributed by atoms with Gasteiger partial charge in [0.2, 0.25) is 0 Å². The number of phenolic OH excluding ortho intramolecular Hbond substituents is 1. The second-order valence-corrected chi connectivity index (χ2v) is 6.97. The minimum absolute atomic E-state index is 0.0641. The first-order valence-electron chi connectivity index (χ1n) is 10.2. The Labute approximate surface area is 179 Å². The van der Waals surface area contributed by atoms with Crippen LogP contribution in [0, 0.1) is 6.92 Å². The van der Waals surface area contributed by atoms with Crippen molar-refractivity contribution >= 4 is 5.91 Å². The molecule has 0 bridgehead atoms. The van der Waals surface area contributed by atoms with Crippen molar-refractivity contribution in [2.45, 2.75) is 26.7 Å². The molecule has 30 heavy (non-hydrogen) atoms. The van der Waals surface area contributed by atoms with Gasteiger partial charge in [-0.1, -0.05) is 19.1 Å². The maximum absolute atomic E-state index is 12.5. The third-order valence-electron chi connectivity index (χ3n) is 4.61. The molecule has 0 heterocycles. The van der Waals surface area contributed by atoms with Crippen molar-refractivity contribution in [2.75, 3.05) is 26.3 Å². The first-order valence-corrected chi connectivity index (χ1v) is 10.2. The summed E-state index contributed by atoms with van der Waals surface area (Å²) < 4.78 is 11.7. The molecule has 0 saturated carbocycles. The molecule has 0 aromatic heterocycles. The summed E-state index contributed by atoms with van der Waals surface area (Å²) in [6, 6.07) is 10.6. The number of benzene rings is 2. The molecule has 0 atom stereocenters. The van der Waals surface area contributed by atoms with Crippen LogP contribution in [0.2, 0.25) is 0 Å². The van der Waals surface area contributed by atoms with E-state index < -0.39 is 0 Å². The van der Waals surface area contributed by atoms with Gasteiger partial charge in [0.25, 0.3) is 5.91 Å². The lowest BCUT2D eigenvalue weighted by Crippen LogP contribution is -2.31. The maximum atomic E-state index is 12.5. The number of phenols is 1. The van der Waals surface area contributed by atoms with Gasteiger partial charge in [0.1, 0.15) is 17.2 Å². The summed E-state index contributed by atoms with van der Waals surface area (Å²) in [7, 11) is 0. The molecular weight excluding hydrogens is 378 g/mol. The van der Waals surface area contributed by atoms with Crippen LogP contribution >= 0.6 is 0 Å².